The van der Waals surface area contributed by atoms with E-state index in [1.807, 2.05) is 6.07 Å². The number of sulfonamides is 1. The summed E-state index contributed by atoms with van der Waals surface area (Å²) in [4.78, 5) is 24.7. The Morgan fingerprint density at radius 3 is 2.18 bits per heavy atom. The number of hydrogen-bond donors (Lipinski definition) is 0. The van der Waals surface area contributed by atoms with E-state index in [1.165, 1.54) is 12.1 Å². The van der Waals surface area contributed by atoms with Crippen molar-refractivity contribution in [3.05, 3.63) is 77.9 Å². The Kier molecular flexibility index (Phi) is 4.17. The van der Waals surface area contributed by atoms with Crippen molar-refractivity contribution in [1.82, 2.24) is 4.41 Å². The lowest BCUT2D eigenvalue weighted by atomic mass is 9.79. The van der Waals surface area contributed by atoms with Crippen LogP contribution in [0.5, 0.6) is 0 Å². The molecule has 0 spiro atoms. The van der Waals surface area contributed by atoms with Crippen LogP contribution in [0.25, 0.3) is 0 Å². The SMILES string of the molecule is N#CC1=CC(=O)C(=O)C2C(c3ccccc3)=NN(S(=O)(=O)c3ccccc3)C12. The van der Waals surface area contributed by atoms with Crippen LogP contribution >= 0.6 is 0 Å². The normalized spacial score (nSPS) is 21.6. The van der Waals surface area contributed by atoms with E-state index in [0.717, 1.165) is 10.5 Å². The molecular formula is C20H13N3O4S. The zero-order chi connectivity index (χ0) is 19.9. The third kappa shape index (κ3) is 2.64. The number of carbonyl (C=O) groups excluding carboxylic acids is 2. The van der Waals surface area contributed by atoms with Gasteiger partial charge in [0, 0.05) is 6.08 Å². The van der Waals surface area contributed by atoms with Crippen LogP contribution in [0.3, 0.4) is 0 Å². The van der Waals surface area contributed by atoms with Crippen LogP contribution in [-0.2, 0) is 19.6 Å². The smallest absolute Gasteiger partial charge is 0.279 e. The summed E-state index contributed by atoms with van der Waals surface area (Å²) in [5.41, 5.74) is 0.566. The van der Waals surface area contributed by atoms with Gasteiger partial charge < -0.3 is 0 Å². The van der Waals surface area contributed by atoms with E-state index in [0.29, 0.717) is 5.56 Å². The van der Waals surface area contributed by atoms with E-state index in [4.69, 9.17) is 0 Å². The van der Waals surface area contributed by atoms with Gasteiger partial charge in [-0.15, -0.1) is 0 Å². The van der Waals surface area contributed by atoms with E-state index in [1.54, 1.807) is 48.5 Å². The summed E-state index contributed by atoms with van der Waals surface area (Å²) < 4.78 is 27.2. The number of Topliss-reactive ketones (excluding diaryl/α,β-unsaturated/α-hetero) is 1. The van der Waals surface area contributed by atoms with Crippen LogP contribution in [0.2, 0.25) is 0 Å². The summed E-state index contributed by atoms with van der Waals surface area (Å²) in [5.74, 6) is -2.77. The molecule has 0 saturated carbocycles. The molecule has 0 bridgehead atoms. The van der Waals surface area contributed by atoms with Crippen molar-refractivity contribution in [2.75, 3.05) is 0 Å². The van der Waals surface area contributed by atoms with E-state index in [2.05, 4.69) is 5.10 Å². The number of nitriles is 1. The van der Waals surface area contributed by atoms with Crippen LogP contribution in [0.4, 0.5) is 0 Å². The minimum absolute atomic E-state index is 0.0200. The van der Waals surface area contributed by atoms with Gasteiger partial charge in [0.2, 0.25) is 11.6 Å². The van der Waals surface area contributed by atoms with Gasteiger partial charge in [-0.1, -0.05) is 48.5 Å². The second-order valence-corrected chi connectivity index (χ2v) is 8.10. The number of benzene rings is 2. The zero-order valence-electron chi connectivity index (χ0n) is 14.4. The monoisotopic (exact) mass is 391 g/mol. The number of hydrazone groups is 1. The molecule has 4 rings (SSSR count). The Morgan fingerprint density at radius 1 is 0.964 bits per heavy atom. The fraction of sp³-hybridized carbons (Fsp3) is 0.100. The average molecular weight is 391 g/mol. The molecule has 8 heteroatoms. The summed E-state index contributed by atoms with van der Waals surface area (Å²) in [6.45, 7) is 0. The highest BCUT2D eigenvalue weighted by atomic mass is 32.2. The molecule has 0 amide bonds. The molecule has 0 N–H and O–H groups in total. The van der Waals surface area contributed by atoms with Gasteiger partial charge in [0.15, 0.2) is 0 Å². The second kappa shape index (κ2) is 6.55. The van der Waals surface area contributed by atoms with E-state index < -0.39 is 33.5 Å². The summed E-state index contributed by atoms with van der Waals surface area (Å²) >= 11 is 0. The largest absolute Gasteiger partial charge is 0.290 e. The van der Waals surface area contributed by atoms with Crippen molar-refractivity contribution in [3.8, 4) is 6.07 Å². The van der Waals surface area contributed by atoms with E-state index >= 15 is 0 Å². The molecule has 1 aliphatic heterocycles. The van der Waals surface area contributed by atoms with Crippen molar-refractivity contribution in [1.29, 1.82) is 5.26 Å². The van der Waals surface area contributed by atoms with Crippen molar-refractivity contribution in [3.63, 3.8) is 0 Å². The highest BCUT2D eigenvalue weighted by Crippen LogP contribution is 2.37. The zero-order valence-corrected chi connectivity index (χ0v) is 15.2. The van der Waals surface area contributed by atoms with Crippen molar-refractivity contribution in [2.24, 2.45) is 11.0 Å². The number of hydrogen-bond acceptors (Lipinski definition) is 6. The number of rotatable bonds is 3. The van der Waals surface area contributed by atoms with Crippen LogP contribution in [0.1, 0.15) is 5.56 Å². The number of carbonyl (C=O) groups is 2. The fourth-order valence-electron chi connectivity index (χ4n) is 3.37. The molecule has 0 aromatic heterocycles. The summed E-state index contributed by atoms with van der Waals surface area (Å²) in [5, 5.41) is 13.7. The van der Waals surface area contributed by atoms with Gasteiger partial charge in [-0.3, -0.25) is 9.59 Å². The van der Waals surface area contributed by atoms with Crippen molar-refractivity contribution >= 4 is 27.3 Å². The molecule has 2 unspecified atom stereocenters. The molecule has 1 aliphatic carbocycles. The summed E-state index contributed by atoms with van der Waals surface area (Å²) in [7, 11) is -4.14. The Hall–Kier alpha value is -3.57. The van der Waals surface area contributed by atoms with Gasteiger partial charge in [0.1, 0.15) is 6.04 Å². The molecule has 28 heavy (non-hydrogen) atoms. The highest BCUT2D eigenvalue weighted by molar-refractivity contribution is 7.89. The standard InChI is InChI=1S/C20H13N3O4S/c21-12-14-11-16(24)20(25)17-18(13-7-3-1-4-8-13)22-23(19(14)17)28(26,27)15-9-5-2-6-10-15/h1-11,17,19H. The predicted octanol–water partition coefficient (Wildman–Crippen LogP) is 1.68. The fourth-order valence-corrected chi connectivity index (χ4v) is 4.82. The van der Waals surface area contributed by atoms with Gasteiger partial charge in [-0.25, -0.2) is 0 Å². The molecule has 0 fully saturated rings. The maximum absolute atomic E-state index is 13.2. The van der Waals surface area contributed by atoms with E-state index in [9.17, 15) is 23.3 Å². The van der Waals surface area contributed by atoms with Crippen LogP contribution in [0, 0.1) is 17.2 Å². The molecule has 2 aromatic carbocycles. The summed E-state index contributed by atoms with van der Waals surface area (Å²) in [6.07, 6.45) is 0.903. The van der Waals surface area contributed by atoms with Gasteiger partial charge in [-0.2, -0.15) is 23.2 Å². The molecule has 138 valence electrons. The maximum Gasteiger partial charge on any atom is 0.279 e. The van der Waals surface area contributed by atoms with Crippen molar-refractivity contribution < 1.29 is 18.0 Å². The van der Waals surface area contributed by atoms with Crippen LogP contribution in [0.15, 0.2) is 82.3 Å². The first-order valence-corrected chi connectivity index (χ1v) is 9.82. The third-order valence-electron chi connectivity index (χ3n) is 4.67. The van der Waals surface area contributed by atoms with Gasteiger partial charge in [0.25, 0.3) is 10.0 Å². The van der Waals surface area contributed by atoms with E-state index in [-0.39, 0.29) is 16.2 Å². The Bertz CT molecular complexity index is 1180. The Morgan fingerprint density at radius 2 is 1.57 bits per heavy atom. The lowest BCUT2D eigenvalue weighted by Crippen LogP contribution is -2.46. The molecule has 7 nitrogen and oxygen atoms in total. The topological polar surface area (TPSA) is 108 Å². The average Bonchev–Trinajstić information content (AvgIpc) is 3.14. The molecule has 2 atom stereocenters. The maximum atomic E-state index is 13.2. The highest BCUT2D eigenvalue weighted by Gasteiger charge is 2.52. The quantitative estimate of drug-likeness (QED) is 0.740. The lowest BCUT2D eigenvalue weighted by Gasteiger charge is -2.28. The second-order valence-electron chi connectivity index (χ2n) is 6.30. The first-order valence-electron chi connectivity index (χ1n) is 8.38. The summed E-state index contributed by atoms with van der Waals surface area (Å²) in [6, 6.07) is 16.9. The van der Waals surface area contributed by atoms with Crippen molar-refractivity contribution in [2.45, 2.75) is 10.9 Å². The Balaban J connectivity index is 1.94. The van der Waals surface area contributed by atoms with Gasteiger partial charge in [0.05, 0.1) is 28.2 Å². The molecular weight excluding hydrogens is 378 g/mol. The third-order valence-corrected chi connectivity index (χ3v) is 6.34. The van der Waals surface area contributed by atoms with Gasteiger partial charge in [-0.05, 0) is 17.7 Å². The number of fused-ring (bicyclic) bond motifs is 1. The molecule has 0 saturated heterocycles. The number of nitrogens with zero attached hydrogens (tertiary/aromatic N) is 3. The molecule has 2 aliphatic rings. The van der Waals surface area contributed by atoms with Crippen LogP contribution in [-0.4, -0.2) is 36.2 Å². The van der Waals surface area contributed by atoms with Gasteiger partial charge >= 0.3 is 0 Å². The first-order chi connectivity index (χ1) is 13.4. The minimum atomic E-state index is -4.14. The predicted molar refractivity (Wildman–Crippen MR) is 99.4 cm³/mol. The molecule has 2 aromatic rings. The van der Waals surface area contributed by atoms with Crippen LogP contribution < -0.4 is 0 Å². The number of allylic oxidation sites excluding steroid dienone is 1. The molecule has 0 radical (unpaired) electrons. The molecule has 1 heterocycles. The Labute approximate surface area is 161 Å². The number of ketones is 2. The minimum Gasteiger partial charge on any atom is -0.290 e. The first kappa shape index (κ1) is 17.8. The lowest BCUT2D eigenvalue weighted by molar-refractivity contribution is -0.136.